The molecule has 0 radical (unpaired) electrons. The van der Waals surface area contributed by atoms with Crippen molar-refractivity contribution < 1.29 is 9.47 Å². The van der Waals surface area contributed by atoms with E-state index < -0.39 is 0 Å². The standard InChI is InChI=1S/C19H15NO2/c1-21-14-9-13-11-20-19-15-6-4-3-5-12(15)7-8-16(19)18(13)17(10-14)22-2/h3-11H,1-2H3. The number of nitrogens with zero attached hydrogens (tertiary/aromatic N) is 1. The summed E-state index contributed by atoms with van der Waals surface area (Å²) < 4.78 is 10.9. The van der Waals surface area contributed by atoms with Crippen LogP contribution in [0.5, 0.6) is 11.5 Å². The first kappa shape index (κ1) is 12.9. The third-order valence-corrected chi connectivity index (χ3v) is 4.06. The number of aromatic nitrogens is 1. The van der Waals surface area contributed by atoms with Crippen molar-refractivity contribution in [2.45, 2.75) is 0 Å². The van der Waals surface area contributed by atoms with Gasteiger partial charge < -0.3 is 9.47 Å². The Bertz CT molecular complexity index is 1010. The first-order valence-corrected chi connectivity index (χ1v) is 7.14. The van der Waals surface area contributed by atoms with Crippen molar-refractivity contribution in [3.05, 3.63) is 54.7 Å². The monoisotopic (exact) mass is 289 g/mol. The van der Waals surface area contributed by atoms with E-state index in [2.05, 4.69) is 29.2 Å². The van der Waals surface area contributed by atoms with Gasteiger partial charge >= 0.3 is 0 Å². The average molecular weight is 289 g/mol. The normalized spacial score (nSPS) is 11.2. The van der Waals surface area contributed by atoms with Crippen molar-refractivity contribution in [3.8, 4) is 11.5 Å². The average Bonchev–Trinajstić information content (AvgIpc) is 2.59. The lowest BCUT2D eigenvalue weighted by atomic mass is 10.0. The van der Waals surface area contributed by atoms with E-state index in [1.54, 1.807) is 14.2 Å². The Morgan fingerprint density at radius 1 is 0.818 bits per heavy atom. The minimum atomic E-state index is 0.770. The van der Waals surface area contributed by atoms with Crippen LogP contribution in [0.15, 0.2) is 54.7 Å². The second-order valence-corrected chi connectivity index (χ2v) is 5.23. The molecule has 3 nitrogen and oxygen atoms in total. The molecule has 0 saturated heterocycles. The third-order valence-electron chi connectivity index (χ3n) is 4.06. The lowest BCUT2D eigenvalue weighted by Gasteiger charge is -2.12. The van der Waals surface area contributed by atoms with Crippen LogP contribution >= 0.6 is 0 Å². The number of hydrogen-bond donors (Lipinski definition) is 0. The second-order valence-electron chi connectivity index (χ2n) is 5.23. The zero-order valence-corrected chi connectivity index (χ0v) is 12.5. The summed E-state index contributed by atoms with van der Waals surface area (Å²) in [6.07, 6.45) is 1.88. The van der Waals surface area contributed by atoms with Gasteiger partial charge in [-0.25, -0.2) is 0 Å². The largest absolute Gasteiger partial charge is 0.497 e. The van der Waals surface area contributed by atoms with Crippen molar-refractivity contribution in [1.29, 1.82) is 0 Å². The molecule has 0 amide bonds. The van der Waals surface area contributed by atoms with Crippen LogP contribution in [0.25, 0.3) is 32.4 Å². The van der Waals surface area contributed by atoms with E-state index in [9.17, 15) is 0 Å². The molecule has 0 N–H and O–H groups in total. The smallest absolute Gasteiger partial charge is 0.131 e. The number of hydrogen-bond acceptors (Lipinski definition) is 3. The number of fused-ring (bicyclic) bond motifs is 5. The molecule has 0 fully saturated rings. The molecule has 0 saturated carbocycles. The lowest BCUT2D eigenvalue weighted by Crippen LogP contribution is -1.91. The maximum Gasteiger partial charge on any atom is 0.131 e. The zero-order chi connectivity index (χ0) is 15.1. The van der Waals surface area contributed by atoms with Crippen molar-refractivity contribution in [2.75, 3.05) is 14.2 Å². The Hall–Kier alpha value is -2.81. The number of methoxy groups -OCH3 is 2. The van der Waals surface area contributed by atoms with Crippen LogP contribution < -0.4 is 9.47 Å². The highest BCUT2D eigenvalue weighted by Gasteiger charge is 2.11. The summed E-state index contributed by atoms with van der Waals surface area (Å²) in [6.45, 7) is 0. The highest BCUT2D eigenvalue weighted by molar-refractivity contribution is 6.17. The van der Waals surface area contributed by atoms with Crippen molar-refractivity contribution >= 4 is 32.4 Å². The summed E-state index contributed by atoms with van der Waals surface area (Å²) >= 11 is 0. The topological polar surface area (TPSA) is 31.4 Å². The zero-order valence-electron chi connectivity index (χ0n) is 12.5. The van der Waals surface area contributed by atoms with Gasteiger partial charge in [-0.15, -0.1) is 0 Å². The van der Waals surface area contributed by atoms with Gasteiger partial charge in [-0.2, -0.15) is 0 Å². The molecular formula is C19H15NO2. The number of ether oxygens (including phenoxy) is 2. The van der Waals surface area contributed by atoms with Crippen LogP contribution in [0.3, 0.4) is 0 Å². The van der Waals surface area contributed by atoms with Crippen molar-refractivity contribution in [1.82, 2.24) is 4.98 Å². The van der Waals surface area contributed by atoms with Crippen LogP contribution in [0, 0.1) is 0 Å². The fraction of sp³-hybridized carbons (Fsp3) is 0.105. The Balaban J connectivity index is 2.21. The van der Waals surface area contributed by atoms with Gasteiger partial charge in [0, 0.05) is 33.8 Å². The molecule has 0 aliphatic carbocycles. The summed E-state index contributed by atoms with van der Waals surface area (Å²) in [7, 11) is 3.34. The van der Waals surface area contributed by atoms with E-state index in [0.717, 1.165) is 38.6 Å². The number of benzene rings is 3. The van der Waals surface area contributed by atoms with Crippen LogP contribution in [0.1, 0.15) is 0 Å². The Morgan fingerprint density at radius 3 is 2.50 bits per heavy atom. The van der Waals surface area contributed by atoms with Gasteiger partial charge in [0.25, 0.3) is 0 Å². The van der Waals surface area contributed by atoms with Gasteiger partial charge in [0.2, 0.25) is 0 Å². The van der Waals surface area contributed by atoms with Crippen molar-refractivity contribution in [3.63, 3.8) is 0 Å². The molecule has 0 bridgehead atoms. The molecule has 0 atom stereocenters. The second kappa shape index (κ2) is 4.88. The highest BCUT2D eigenvalue weighted by Crippen LogP contribution is 2.37. The minimum Gasteiger partial charge on any atom is -0.497 e. The number of pyridine rings is 1. The summed E-state index contributed by atoms with van der Waals surface area (Å²) in [5.74, 6) is 1.57. The van der Waals surface area contributed by atoms with E-state index in [0.29, 0.717) is 0 Å². The maximum atomic E-state index is 5.58. The molecule has 0 unspecified atom stereocenters. The summed E-state index contributed by atoms with van der Waals surface area (Å²) in [5.41, 5.74) is 0.995. The van der Waals surface area contributed by atoms with Gasteiger partial charge in [-0.1, -0.05) is 36.4 Å². The molecule has 1 heterocycles. The third kappa shape index (κ3) is 1.79. The molecular weight excluding hydrogens is 274 g/mol. The van der Waals surface area contributed by atoms with Crippen LogP contribution in [0.4, 0.5) is 0 Å². The molecule has 4 aromatic rings. The molecule has 0 aliphatic heterocycles. The predicted molar refractivity (Wildman–Crippen MR) is 89.9 cm³/mol. The molecule has 0 spiro atoms. The fourth-order valence-corrected chi connectivity index (χ4v) is 3.01. The van der Waals surface area contributed by atoms with Crippen molar-refractivity contribution in [2.24, 2.45) is 0 Å². The Labute approximate surface area is 128 Å². The maximum absolute atomic E-state index is 5.58. The van der Waals surface area contributed by atoms with E-state index >= 15 is 0 Å². The Morgan fingerprint density at radius 2 is 1.68 bits per heavy atom. The minimum absolute atomic E-state index is 0.770. The molecule has 108 valence electrons. The van der Waals surface area contributed by atoms with Crippen LogP contribution in [-0.2, 0) is 0 Å². The molecule has 22 heavy (non-hydrogen) atoms. The quantitative estimate of drug-likeness (QED) is 0.507. The van der Waals surface area contributed by atoms with Crippen LogP contribution in [-0.4, -0.2) is 19.2 Å². The highest BCUT2D eigenvalue weighted by atomic mass is 16.5. The van der Waals surface area contributed by atoms with E-state index in [1.165, 1.54) is 5.39 Å². The Kier molecular flexibility index (Phi) is 2.86. The van der Waals surface area contributed by atoms with Gasteiger partial charge in [-0.05, 0) is 11.5 Å². The summed E-state index contributed by atoms with van der Waals surface area (Å²) in [4.78, 5) is 4.68. The van der Waals surface area contributed by atoms with Gasteiger partial charge in [0.05, 0.1) is 19.7 Å². The van der Waals surface area contributed by atoms with Gasteiger partial charge in [0.1, 0.15) is 11.5 Å². The lowest BCUT2D eigenvalue weighted by molar-refractivity contribution is 0.398. The first-order chi connectivity index (χ1) is 10.8. The predicted octanol–water partition coefficient (Wildman–Crippen LogP) is 4.56. The van der Waals surface area contributed by atoms with Gasteiger partial charge in [-0.3, -0.25) is 4.98 Å². The fourth-order valence-electron chi connectivity index (χ4n) is 3.01. The number of rotatable bonds is 2. The summed E-state index contributed by atoms with van der Waals surface area (Å²) in [5, 5.41) is 5.52. The first-order valence-electron chi connectivity index (χ1n) is 7.14. The van der Waals surface area contributed by atoms with Crippen LogP contribution in [0.2, 0.25) is 0 Å². The van der Waals surface area contributed by atoms with E-state index in [1.807, 2.05) is 30.5 Å². The molecule has 0 aliphatic rings. The van der Waals surface area contributed by atoms with E-state index in [-0.39, 0.29) is 0 Å². The van der Waals surface area contributed by atoms with Gasteiger partial charge in [0.15, 0.2) is 0 Å². The molecule has 3 aromatic carbocycles. The summed E-state index contributed by atoms with van der Waals surface area (Å²) in [6, 6.07) is 16.4. The molecule has 4 rings (SSSR count). The van der Waals surface area contributed by atoms with E-state index in [4.69, 9.17) is 9.47 Å². The molecule has 1 aromatic heterocycles. The SMILES string of the molecule is COc1cc(OC)c2c(cnc3c4ccccc4ccc32)c1. The molecule has 3 heteroatoms.